The largest absolute Gasteiger partial charge is 0.469 e. The number of sulfone groups is 1. The number of oxazole rings is 1. The lowest BCUT2D eigenvalue weighted by molar-refractivity contribution is -0.140. The lowest BCUT2D eigenvalue weighted by Crippen LogP contribution is -2.01. The van der Waals surface area contributed by atoms with Crippen LogP contribution in [0.5, 0.6) is 0 Å². The molecule has 2 aromatic carbocycles. The Hall–Kier alpha value is -3.00. The fourth-order valence-electron chi connectivity index (χ4n) is 2.63. The second-order valence-electron chi connectivity index (χ2n) is 6.16. The van der Waals surface area contributed by atoms with Crippen molar-refractivity contribution in [2.24, 2.45) is 0 Å². The van der Waals surface area contributed by atoms with Crippen LogP contribution in [0.1, 0.15) is 12.3 Å². The summed E-state index contributed by atoms with van der Waals surface area (Å²) in [4.78, 5) is 16.0. The topological polar surface area (TPSA) is 86.5 Å². The first kappa shape index (κ1) is 19.8. The van der Waals surface area contributed by atoms with Gasteiger partial charge in [0.15, 0.2) is 21.5 Å². The van der Waals surface area contributed by atoms with Crippen molar-refractivity contribution in [1.82, 2.24) is 4.98 Å². The molecule has 3 rings (SSSR count). The SMILES string of the molecule is COC(=O)CCc1nc(-c2ccc(F)cc2)c(-c2ccc(S(C)(=O)=O)cc2)o1. The smallest absolute Gasteiger partial charge is 0.306 e. The van der Waals surface area contributed by atoms with Gasteiger partial charge in [0.2, 0.25) is 0 Å². The second kappa shape index (κ2) is 7.93. The highest BCUT2D eigenvalue weighted by Gasteiger charge is 2.18. The molecular formula is C20H18FNO5S. The third kappa shape index (κ3) is 4.45. The van der Waals surface area contributed by atoms with Gasteiger partial charge in [0.05, 0.1) is 18.4 Å². The molecule has 0 unspecified atom stereocenters. The number of carbonyl (C=O) groups is 1. The molecule has 0 N–H and O–H groups in total. The molecule has 146 valence electrons. The molecule has 0 saturated carbocycles. The Morgan fingerprint density at radius 1 is 1.07 bits per heavy atom. The Balaban J connectivity index is 2.03. The van der Waals surface area contributed by atoms with Gasteiger partial charge in [0.1, 0.15) is 11.5 Å². The summed E-state index contributed by atoms with van der Waals surface area (Å²) in [6.45, 7) is 0. The minimum atomic E-state index is -3.32. The van der Waals surface area contributed by atoms with Crippen molar-refractivity contribution in [1.29, 1.82) is 0 Å². The first-order chi connectivity index (χ1) is 13.3. The highest BCUT2D eigenvalue weighted by Crippen LogP contribution is 2.33. The van der Waals surface area contributed by atoms with Crippen LogP contribution >= 0.6 is 0 Å². The fraction of sp³-hybridized carbons (Fsp3) is 0.200. The summed E-state index contributed by atoms with van der Waals surface area (Å²) in [5.41, 5.74) is 1.73. The molecule has 0 amide bonds. The average molecular weight is 403 g/mol. The summed E-state index contributed by atoms with van der Waals surface area (Å²) < 4.78 is 47.1. The Morgan fingerprint density at radius 2 is 1.68 bits per heavy atom. The van der Waals surface area contributed by atoms with Crippen LogP contribution in [0.15, 0.2) is 57.8 Å². The van der Waals surface area contributed by atoms with E-state index in [0.717, 1.165) is 6.26 Å². The summed E-state index contributed by atoms with van der Waals surface area (Å²) >= 11 is 0. The molecule has 0 saturated heterocycles. The Bertz CT molecular complexity index is 1090. The van der Waals surface area contributed by atoms with E-state index in [9.17, 15) is 17.6 Å². The molecule has 1 heterocycles. The maximum absolute atomic E-state index is 13.3. The number of rotatable bonds is 6. The number of hydrogen-bond acceptors (Lipinski definition) is 6. The van der Waals surface area contributed by atoms with Crippen LogP contribution in [-0.4, -0.2) is 32.7 Å². The summed E-state index contributed by atoms with van der Waals surface area (Å²) in [5.74, 6) is -0.0313. The van der Waals surface area contributed by atoms with E-state index in [4.69, 9.17) is 4.42 Å². The Kier molecular flexibility index (Phi) is 5.60. The molecule has 0 aliphatic rings. The molecule has 0 aliphatic heterocycles. The predicted molar refractivity (Wildman–Crippen MR) is 101 cm³/mol. The molecule has 0 atom stereocenters. The maximum atomic E-state index is 13.3. The van der Waals surface area contributed by atoms with Crippen LogP contribution < -0.4 is 0 Å². The minimum Gasteiger partial charge on any atom is -0.469 e. The molecule has 1 aromatic heterocycles. The molecule has 0 spiro atoms. The van der Waals surface area contributed by atoms with Crippen molar-refractivity contribution in [3.63, 3.8) is 0 Å². The number of carbonyl (C=O) groups excluding carboxylic acids is 1. The quantitative estimate of drug-likeness (QED) is 0.584. The number of halogens is 1. The van der Waals surface area contributed by atoms with Gasteiger partial charge in [-0.15, -0.1) is 0 Å². The molecule has 0 bridgehead atoms. The van der Waals surface area contributed by atoms with E-state index in [1.165, 1.54) is 31.4 Å². The molecule has 6 nitrogen and oxygen atoms in total. The monoisotopic (exact) mass is 403 g/mol. The number of aromatic nitrogens is 1. The average Bonchev–Trinajstić information content (AvgIpc) is 3.10. The van der Waals surface area contributed by atoms with Gasteiger partial charge >= 0.3 is 5.97 Å². The van der Waals surface area contributed by atoms with Crippen molar-refractivity contribution in [2.75, 3.05) is 13.4 Å². The van der Waals surface area contributed by atoms with E-state index in [-0.39, 0.29) is 29.5 Å². The van der Waals surface area contributed by atoms with Gasteiger partial charge in [-0.2, -0.15) is 0 Å². The molecule has 0 aliphatic carbocycles. The minimum absolute atomic E-state index is 0.103. The van der Waals surface area contributed by atoms with E-state index in [1.54, 1.807) is 24.3 Å². The summed E-state index contributed by atoms with van der Waals surface area (Å²) in [6, 6.07) is 12.0. The van der Waals surface area contributed by atoms with Crippen LogP contribution in [0.25, 0.3) is 22.6 Å². The summed E-state index contributed by atoms with van der Waals surface area (Å²) in [7, 11) is -2.02. The van der Waals surface area contributed by atoms with Crippen LogP contribution in [0.3, 0.4) is 0 Å². The molecule has 0 fully saturated rings. The van der Waals surface area contributed by atoms with Crippen molar-refractivity contribution in [2.45, 2.75) is 17.7 Å². The number of benzene rings is 2. The van der Waals surface area contributed by atoms with Crippen LogP contribution in [0, 0.1) is 5.82 Å². The van der Waals surface area contributed by atoms with Crippen LogP contribution in [0.2, 0.25) is 0 Å². The fourth-order valence-corrected chi connectivity index (χ4v) is 3.27. The number of methoxy groups -OCH3 is 1. The predicted octanol–water partition coefficient (Wildman–Crippen LogP) is 3.66. The van der Waals surface area contributed by atoms with E-state index >= 15 is 0 Å². The number of ether oxygens (including phenoxy) is 1. The third-order valence-corrected chi connectivity index (χ3v) is 5.23. The Morgan fingerprint density at radius 3 is 2.25 bits per heavy atom. The number of nitrogens with zero attached hydrogens (tertiary/aromatic N) is 1. The van der Waals surface area contributed by atoms with Gasteiger partial charge in [-0.1, -0.05) is 0 Å². The van der Waals surface area contributed by atoms with Crippen molar-refractivity contribution in [3.05, 3.63) is 60.2 Å². The van der Waals surface area contributed by atoms with Crippen LogP contribution in [-0.2, 0) is 25.8 Å². The van der Waals surface area contributed by atoms with E-state index in [0.29, 0.717) is 28.5 Å². The maximum Gasteiger partial charge on any atom is 0.306 e. The van der Waals surface area contributed by atoms with Gasteiger partial charge in [0.25, 0.3) is 0 Å². The summed E-state index contributed by atoms with van der Waals surface area (Å²) in [5, 5.41) is 0. The number of esters is 1. The molecule has 3 aromatic rings. The first-order valence-electron chi connectivity index (χ1n) is 8.41. The second-order valence-corrected chi connectivity index (χ2v) is 8.18. The summed E-state index contributed by atoms with van der Waals surface area (Å²) in [6.07, 6.45) is 1.47. The third-order valence-electron chi connectivity index (χ3n) is 4.10. The lowest BCUT2D eigenvalue weighted by Gasteiger charge is -2.03. The number of hydrogen-bond donors (Lipinski definition) is 0. The van der Waals surface area contributed by atoms with E-state index < -0.39 is 9.84 Å². The zero-order chi connectivity index (χ0) is 20.3. The van der Waals surface area contributed by atoms with Crippen molar-refractivity contribution >= 4 is 15.8 Å². The van der Waals surface area contributed by atoms with Crippen molar-refractivity contribution in [3.8, 4) is 22.6 Å². The first-order valence-corrected chi connectivity index (χ1v) is 10.3. The molecule has 28 heavy (non-hydrogen) atoms. The number of aryl methyl sites for hydroxylation is 1. The van der Waals surface area contributed by atoms with E-state index in [1.807, 2.05) is 0 Å². The highest BCUT2D eigenvalue weighted by atomic mass is 32.2. The van der Waals surface area contributed by atoms with Gasteiger partial charge in [0, 0.05) is 23.8 Å². The zero-order valence-electron chi connectivity index (χ0n) is 15.3. The molecule has 8 heteroatoms. The molecule has 0 radical (unpaired) electrons. The highest BCUT2D eigenvalue weighted by molar-refractivity contribution is 7.90. The van der Waals surface area contributed by atoms with Gasteiger partial charge in [-0.05, 0) is 48.5 Å². The standard InChI is InChI=1S/C20H18FNO5S/c1-26-18(23)12-11-17-22-19(13-3-7-15(21)8-4-13)20(27-17)14-5-9-16(10-6-14)28(2,24)25/h3-10H,11-12H2,1-2H3. The zero-order valence-corrected chi connectivity index (χ0v) is 16.1. The van der Waals surface area contributed by atoms with Crippen molar-refractivity contribution < 1.29 is 26.8 Å². The normalized spacial score (nSPS) is 11.4. The van der Waals surface area contributed by atoms with Gasteiger partial charge in [-0.3, -0.25) is 4.79 Å². The van der Waals surface area contributed by atoms with Crippen LogP contribution in [0.4, 0.5) is 4.39 Å². The van der Waals surface area contributed by atoms with Gasteiger partial charge in [-0.25, -0.2) is 17.8 Å². The van der Waals surface area contributed by atoms with E-state index in [2.05, 4.69) is 9.72 Å². The van der Waals surface area contributed by atoms with Gasteiger partial charge < -0.3 is 9.15 Å². The molecular weight excluding hydrogens is 385 g/mol. The lowest BCUT2D eigenvalue weighted by atomic mass is 10.1. The Labute approximate surface area is 161 Å².